The van der Waals surface area contributed by atoms with E-state index in [4.69, 9.17) is 5.73 Å². The summed E-state index contributed by atoms with van der Waals surface area (Å²) in [7, 11) is 1.81. The zero-order valence-electron chi connectivity index (χ0n) is 11.6. The number of nitrogens with zero attached hydrogens (tertiary/aromatic N) is 2. The number of pyridine rings is 1. The highest BCUT2D eigenvalue weighted by Gasteiger charge is 2.11. The topological polar surface area (TPSA) is 59.2 Å². The third-order valence-corrected chi connectivity index (χ3v) is 3.21. The molecule has 0 fully saturated rings. The van der Waals surface area contributed by atoms with Crippen LogP contribution >= 0.6 is 0 Å². The lowest BCUT2D eigenvalue weighted by Crippen LogP contribution is -2.29. The number of aromatic nitrogens is 1. The molecule has 1 heterocycles. The van der Waals surface area contributed by atoms with Crippen LogP contribution in [0.3, 0.4) is 0 Å². The van der Waals surface area contributed by atoms with E-state index in [2.05, 4.69) is 4.98 Å². The average molecular weight is 269 g/mol. The molecule has 0 saturated heterocycles. The molecular weight excluding hydrogens is 250 g/mol. The standard InChI is InChI=1S/C16H19N3O/c1-19(11-9-15-4-2-3-10-18-15)16(20)14-7-5-13(12-17)6-8-14/h2-8,10H,9,11-12,17H2,1H3. The Labute approximate surface area is 119 Å². The first-order valence-electron chi connectivity index (χ1n) is 6.65. The molecule has 0 aliphatic carbocycles. The van der Waals surface area contributed by atoms with Gasteiger partial charge in [0.05, 0.1) is 0 Å². The molecule has 0 atom stereocenters. The van der Waals surface area contributed by atoms with Gasteiger partial charge in [-0.25, -0.2) is 0 Å². The summed E-state index contributed by atoms with van der Waals surface area (Å²) < 4.78 is 0. The summed E-state index contributed by atoms with van der Waals surface area (Å²) >= 11 is 0. The average Bonchev–Trinajstić information content (AvgIpc) is 2.53. The van der Waals surface area contributed by atoms with Crippen molar-refractivity contribution in [2.45, 2.75) is 13.0 Å². The van der Waals surface area contributed by atoms with Crippen molar-refractivity contribution in [1.29, 1.82) is 0 Å². The molecule has 0 saturated carbocycles. The van der Waals surface area contributed by atoms with Gasteiger partial charge in [-0.1, -0.05) is 18.2 Å². The van der Waals surface area contributed by atoms with Crippen LogP contribution in [0.5, 0.6) is 0 Å². The Balaban J connectivity index is 1.94. The number of carbonyl (C=O) groups excluding carboxylic acids is 1. The molecule has 1 aromatic carbocycles. The van der Waals surface area contributed by atoms with Gasteiger partial charge in [-0.05, 0) is 29.8 Å². The minimum atomic E-state index is 0.0181. The summed E-state index contributed by atoms with van der Waals surface area (Å²) in [6.07, 6.45) is 2.52. The van der Waals surface area contributed by atoms with Crippen LogP contribution in [0.1, 0.15) is 21.6 Å². The van der Waals surface area contributed by atoms with Crippen LogP contribution in [0.15, 0.2) is 48.7 Å². The van der Waals surface area contributed by atoms with Gasteiger partial charge in [-0.3, -0.25) is 9.78 Å². The Bertz CT molecular complexity index is 552. The van der Waals surface area contributed by atoms with Crippen molar-refractivity contribution < 1.29 is 4.79 Å². The van der Waals surface area contributed by atoms with Gasteiger partial charge in [0, 0.05) is 44.0 Å². The Morgan fingerprint density at radius 1 is 1.20 bits per heavy atom. The number of hydrogen-bond donors (Lipinski definition) is 1. The maximum Gasteiger partial charge on any atom is 0.253 e. The van der Waals surface area contributed by atoms with E-state index in [0.717, 1.165) is 17.7 Å². The van der Waals surface area contributed by atoms with Crippen LogP contribution in [0.25, 0.3) is 0 Å². The lowest BCUT2D eigenvalue weighted by atomic mass is 10.1. The molecule has 0 unspecified atom stereocenters. The first kappa shape index (κ1) is 14.2. The van der Waals surface area contributed by atoms with E-state index >= 15 is 0 Å². The first-order valence-corrected chi connectivity index (χ1v) is 6.65. The highest BCUT2D eigenvalue weighted by molar-refractivity contribution is 5.94. The molecule has 0 bridgehead atoms. The fourth-order valence-electron chi connectivity index (χ4n) is 1.93. The van der Waals surface area contributed by atoms with E-state index in [-0.39, 0.29) is 5.91 Å². The number of hydrogen-bond acceptors (Lipinski definition) is 3. The van der Waals surface area contributed by atoms with Gasteiger partial charge in [0.15, 0.2) is 0 Å². The summed E-state index contributed by atoms with van der Waals surface area (Å²) in [5.41, 5.74) is 8.25. The summed E-state index contributed by atoms with van der Waals surface area (Å²) in [5.74, 6) is 0.0181. The number of benzene rings is 1. The molecule has 104 valence electrons. The molecule has 0 spiro atoms. The quantitative estimate of drug-likeness (QED) is 0.901. The van der Waals surface area contributed by atoms with Crippen molar-refractivity contribution in [1.82, 2.24) is 9.88 Å². The molecule has 4 nitrogen and oxygen atoms in total. The van der Waals surface area contributed by atoms with Crippen molar-refractivity contribution in [2.75, 3.05) is 13.6 Å². The lowest BCUT2D eigenvalue weighted by Gasteiger charge is -2.17. The molecule has 1 amide bonds. The van der Waals surface area contributed by atoms with Crippen molar-refractivity contribution in [3.63, 3.8) is 0 Å². The number of likely N-dealkylation sites (N-methyl/N-ethyl adjacent to an activating group) is 1. The minimum Gasteiger partial charge on any atom is -0.341 e. The molecule has 1 aromatic heterocycles. The second-order valence-electron chi connectivity index (χ2n) is 4.70. The highest BCUT2D eigenvalue weighted by atomic mass is 16.2. The van der Waals surface area contributed by atoms with Crippen LogP contribution < -0.4 is 5.73 Å². The molecule has 2 rings (SSSR count). The van der Waals surface area contributed by atoms with E-state index < -0.39 is 0 Å². The highest BCUT2D eigenvalue weighted by Crippen LogP contribution is 2.07. The first-order chi connectivity index (χ1) is 9.70. The third-order valence-electron chi connectivity index (χ3n) is 3.21. The summed E-state index contributed by atoms with van der Waals surface area (Å²) in [4.78, 5) is 18.2. The van der Waals surface area contributed by atoms with Gasteiger partial charge in [0.2, 0.25) is 0 Å². The van der Waals surface area contributed by atoms with E-state index in [9.17, 15) is 4.79 Å². The molecule has 2 N–H and O–H groups in total. The SMILES string of the molecule is CN(CCc1ccccn1)C(=O)c1ccc(CN)cc1. The Morgan fingerprint density at radius 3 is 2.55 bits per heavy atom. The van der Waals surface area contributed by atoms with E-state index in [0.29, 0.717) is 18.7 Å². The van der Waals surface area contributed by atoms with Gasteiger partial charge in [0.1, 0.15) is 0 Å². The Kier molecular flexibility index (Phi) is 4.85. The number of carbonyl (C=O) groups is 1. The van der Waals surface area contributed by atoms with Gasteiger partial charge in [-0.15, -0.1) is 0 Å². The van der Waals surface area contributed by atoms with Gasteiger partial charge < -0.3 is 10.6 Å². The largest absolute Gasteiger partial charge is 0.341 e. The van der Waals surface area contributed by atoms with Crippen LogP contribution in [-0.4, -0.2) is 29.4 Å². The van der Waals surface area contributed by atoms with Crippen molar-refractivity contribution in [3.8, 4) is 0 Å². The Hall–Kier alpha value is -2.20. The molecule has 4 heteroatoms. The van der Waals surface area contributed by atoms with E-state index in [1.807, 2.05) is 49.5 Å². The Morgan fingerprint density at radius 2 is 1.95 bits per heavy atom. The molecule has 20 heavy (non-hydrogen) atoms. The third kappa shape index (κ3) is 3.65. The van der Waals surface area contributed by atoms with Crippen molar-refractivity contribution in [2.24, 2.45) is 5.73 Å². The minimum absolute atomic E-state index is 0.0181. The molecule has 0 radical (unpaired) electrons. The van der Waals surface area contributed by atoms with E-state index in [1.54, 1.807) is 11.1 Å². The second kappa shape index (κ2) is 6.82. The normalized spacial score (nSPS) is 10.3. The van der Waals surface area contributed by atoms with Gasteiger partial charge in [0.25, 0.3) is 5.91 Å². The molecule has 0 aliphatic rings. The summed E-state index contributed by atoms with van der Waals surface area (Å²) in [6, 6.07) is 13.2. The van der Waals surface area contributed by atoms with Gasteiger partial charge in [-0.2, -0.15) is 0 Å². The zero-order chi connectivity index (χ0) is 14.4. The van der Waals surface area contributed by atoms with Crippen molar-refractivity contribution >= 4 is 5.91 Å². The van der Waals surface area contributed by atoms with Crippen molar-refractivity contribution in [3.05, 3.63) is 65.5 Å². The van der Waals surface area contributed by atoms with Crippen LogP contribution in [0.4, 0.5) is 0 Å². The number of amides is 1. The molecule has 0 aliphatic heterocycles. The van der Waals surface area contributed by atoms with Crippen LogP contribution in [0.2, 0.25) is 0 Å². The maximum atomic E-state index is 12.2. The number of rotatable bonds is 5. The second-order valence-corrected chi connectivity index (χ2v) is 4.70. The number of nitrogens with two attached hydrogens (primary N) is 1. The fourth-order valence-corrected chi connectivity index (χ4v) is 1.93. The van der Waals surface area contributed by atoms with Gasteiger partial charge >= 0.3 is 0 Å². The molecular formula is C16H19N3O. The smallest absolute Gasteiger partial charge is 0.253 e. The predicted molar refractivity (Wildman–Crippen MR) is 79.2 cm³/mol. The maximum absolute atomic E-state index is 12.2. The summed E-state index contributed by atoms with van der Waals surface area (Å²) in [5, 5.41) is 0. The predicted octanol–water partition coefficient (Wildman–Crippen LogP) is 1.85. The van der Waals surface area contributed by atoms with Crippen LogP contribution in [-0.2, 0) is 13.0 Å². The lowest BCUT2D eigenvalue weighted by molar-refractivity contribution is 0.0796. The van der Waals surface area contributed by atoms with Crippen LogP contribution in [0, 0.1) is 0 Å². The fraction of sp³-hybridized carbons (Fsp3) is 0.250. The molecule has 2 aromatic rings. The van der Waals surface area contributed by atoms with E-state index in [1.165, 1.54) is 0 Å². The monoisotopic (exact) mass is 269 g/mol. The summed E-state index contributed by atoms with van der Waals surface area (Å²) in [6.45, 7) is 1.14. The zero-order valence-corrected chi connectivity index (χ0v) is 11.6.